The Hall–Kier alpha value is -1.25. The first-order valence-electron chi connectivity index (χ1n) is 13.0. The van der Waals surface area contributed by atoms with Crippen molar-refractivity contribution in [3.05, 3.63) is 30.3 Å². The van der Waals surface area contributed by atoms with Gasteiger partial charge in [-0.1, -0.05) is 62.4 Å². The summed E-state index contributed by atoms with van der Waals surface area (Å²) in [5.41, 5.74) is 0.189. The Kier molecular flexibility index (Phi) is 10.5. The van der Waals surface area contributed by atoms with Crippen molar-refractivity contribution >= 4 is 41.0 Å². The van der Waals surface area contributed by atoms with Crippen LogP contribution in [0.4, 0.5) is 0 Å². The first-order valence-corrected chi connectivity index (χ1v) is 16.0. The lowest BCUT2D eigenvalue weighted by Gasteiger charge is -2.44. The van der Waals surface area contributed by atoms with Crippen LogP contribution in [0.1, 0.15) is 33.1 Å². The zero-order valence-corrected chi connectivity index (χ0v) is 24.6. The summed E-state index contributed by atoms with van der Waals surface area (Å²) < 4.78 is 11.3. The number of thioether (sulfide) groups is 2. The first-order chi connectivity index (χ1) is 18.2. The molecule has 2 aromatic rings. The highest BCUT2D eigenvalue weighted by molar-refractivity contribution is 8.01. The molecule has 1 aromatic heterocycles. The van der Waals surface area contributed by atoms with Gasteiger partial charge in [0.1, 0.15) is 29.9 Å². The molecule has 0 bridgehead atoms. The van der Waals surface area contributed by atoms with Crippen LogP contribution in [0.3, 0.4) is 0 Å². The summed E-state index contributed by atoms with van der Waals surface area (Å²) in [4.78, 5) is 20.3. The van der Waals surface area contributed by atoms with Crippen molar-refractivity contribution < 1.29 is 24.9 Å². The van der Waals surface area contributed by atoms with Crippen LogP contribution in [0, 0.1) is 5.92 Å². The molecule has 4 rings (SSSR count). The fourth-order valence-corrected chi connectivity index (χ4v) is 8.00. The molecule has 1 amide bonds. The molecule has 9 nitrogen and oxygen atoms in total. The molecule has 2 aliphatic heterocycles. The summed E-state index contributed by atoms with van der Waals surface area (Å²) >= 11 is 3.98. The van der Waals surface area contributed by atoms with Crippen molar-refractivity contribution in [3.63, 3.8) is 0 Å². The fraction of sp³-hybridized carbons (Fsp3) is 0.654. The van der Waals surface area contributed by atoms with Gasteiger partial charge < -0.3 is 25.4 Å². The number of ether oxygens (including phenoxy) is 1. The standard InChI is InChI=1S/C26H38N4O5S3/c1-5-9-15-12-17(30(3)13-15)24(34)27-18(22-20(32)19(31)21(33)25(35-22)36-4)14(2)37-26-28-23(29-38-26)16-10-7-6-8-11-16/h6-8,10-11,14-15,17-22,25,31-33H,5,9,12-13H2,1-4H3,(H,27,34)/t14-,15-,17-,18+,19?,20?,21+,22?,25?/m1/s1. The van der Waals surface area contributed by atoms with Crippen LogP contribution in [-0.2, 0) is 9.53 Å². The maximum absolute atomic E-state index is 13.6. The number of benzene rings is 1. The summed E-state index contributed by atoms with van der Waals surface area (Å²) in [5.74, 6) is 0.983. The molecule has 3 heterocycles. The number of hydrogen-bond acceptors (Lipinski definition) is 11. The predicted molar refractivity (Wildman–Crippen MR) is 152 cm³/mol. The molecular weight excluding hydrogens is 545 g/mol. The van der Waals surface area contributed by atoms with Gasteiger partial charge in [0.25, 0.3) is 0 Å². The summed E-state index contributed by atoms with van der Waals surface area (Å²) in [6.45, 7) is 4.97. The molecule has 12 heteroatoms. The molecule has 1 aromatic carbocycles. The van der Waals surface area contributed by atoms with Crippen molar-refractivity contribution in [1.82, 2.24) is 19.6 Å². The number of likely N-dealkylation sites (N-methyl/N-ethyl adjacent to an activating group) is 1. The van der Waals surface area contributed by atoms with E-state index in [4.69, 9.17) is 4.74 Å². The van der Waals surface area contributed by atoms with Crippen LogP contribution < -0.4 is 5.32 Å². The van der Waals surface area contributed by atoms with Crippen LogP contribution >= 0.6 is 35.1 Å². The number of aliphatic hydroxyl groups excluding tert-OH is 3. The zero-order chi connectivity index (χ0) is 27.4. The van der Waals surface area contributed by atoms with E-state index >= 15 is 0 Å². The van der Waals surface area contributed by atoms with Crippen LogP contribution in [0.5, 0.6) is 0 Å². The molecular formula is C26H38N4O5S3. The Bertz CT molecular complexity index is 1040. The number of nitrogens with zero attached hydrogens (tertiary/aromatic N) is 3. The third-order valence-corrected chi connectivity index (χ3v) is 10.2. The van der Waals surface area contributed by atoms with Gasteiger partial charge in [0, 0.05) is 17.4 Å². The van der Waals surface area contributed by atoms with E-state index in [0.29, 0.717) is 11.7 Å². The van der Waals surface area contributed by atoms with E-state index in [-0.39, 0.29) is 17.2 Å². The Balaban J connectivity index is 1.55. The number of carbonyl (C=O) groups is 1. The monoisotopic (exact) mass is 582 g/mol. The van der Waals surface area contributed by atoms with Crippen molar-refractivity contribution in [3.8, 4) is 11.4 Å². The van der Waals surface area contributed by atoms with Gasteiger partial charge in [-0.25, -0.2) is 4.98 Å². The average molecular weight is 583 g/mol. The average Bonchev–Trinajstić information content (AvgIpc) is 3.53. The Morgan fingerprint density at radius 2 is 1.97 bits per heavy atom. The second-order valence-electron chi connectivity index (χ2n) is 10.1. The predicted octanol–water partition coefficient (Wildman–Crippen LogP) is 2.46. The molecule has 2 aliphatic rings. The minimum absolute atomic E-state index is 0.122. The lowest BCUT2D eigenvalue weighted by atomic mass is 9.92. The second-order valence-corrected chi connectivity index (χ2v) is 13.4. The molecule has 9 atom stereocenters. The quantitative estimate of drug-likeness (QED) is 0.310. The van der Waals surface area contributed by atoms with Gasteiger partial charge in [-0.05, 0) is 43.6 Å². The van der Waals surface area contributed by atoms with E-state index in [0.717, 1.165) is 35.7 Å². The maximum Gasteiger partial charge on any atom is 0.237 e. The number of rotatable bonds is 10. The van der Waals surface area contributed by atoms with Crippen molar-refractivity contribution in [2.75, 3.05) is 19.8 Å². The SMILES string of the molecule is CCC[C@@H]1C[C@H](C(=O)N[C@H](C2OC(SC)[C@@H](O)C(O)C2O)[C@@H](C)Sc2nc(-c3ccccc3)ns2)N(C)C1. The van der Waals surface area contributed by atoms with Gasteiger partial charge in [-0.3, -0.25) is 9.69 Å². The normalized spacial score (nSPS) is 31.7. The minimum atomic E-state index is -1.39. The Morgan fingerprint density at radius 1 is 1.24 bits per heavy atom. The number of amides is 1. The van der Waals surface area contributed by atoms with Gasteiger partial charge in [-0.15, -0.1) is 11.8 Å². The van der Waals surface area contributed by atoms with E-state index in [1.165, 1.54) is 35.1 Å². The van der Waals surface area contributed by atoms with Crippen LogP contribution in [0.15, 0.2) is 34.7 Å². The number of hydrogen-bond donors (Lipinski definition) is 4. The molecule has 210 valence electrons. The van der Waals surface area contributed by atoms with E-state index in [9.17, 15) is 20.1 Å². The number of nitrogens with one attached hydrogen (secondary N) is 1. The molecule has 0 saturated carbocycles. The zero-order valence-electron chi connectivity index (χ0n) is 22.1. The number of aromatic nitrogens is 2. The van der Waals surface area contributed by atoms with Crippen molar-refractivity contribution in [2.45, 2.75) is 84.6 Å². The number of aliphatic hydroxyl groups is 3. The summed E-state index contributed by atoms with van der Waals surface area (Å²) in [5, 5.41) is 34.8. The second kappa shape index (κ2) is 13.4. The van der Waals surface area contributed by atoms with E-state index < -0.39 is 35.9 Å². The molecule has 2 saturated heterocycles. The van der Waals surface area contributed by atoms with E-state index in [2.05, 4.69) is 26.5 Å². The minimum Gasteiger partial charge on any atom is -0.388 e. The number of carbonyl (C=O) groups excluding carboxylic acids is 1. The van der Waals surface area contributed by atoms with E-state index in [1.54, 1.807) is 6.26 Å². The van der Waals surface area contributed by atoms with Crippen molar-refractivity contribution in [2.24, 2.45) is 5.92 Å². The summed E-state index contributed by atoms with van der Waals surface area (Å²) in [6.07, 6.45) is -0.204. The van der Waals surface area contributed by atoms with Gasteiger partial charge in [0.05, 0.1) is 12.1 Å². The molecule has 2 fully saturated rings. The lowest BCUT2D eigenvalue weighted by molar-refractivity contribution is -0.205. The Morgan fingerprint density at radius 3 is 2.66 bits per heavy atom. The highest BCUT2D eigenvalue weighted by Crippen LogP contribution is 2.35. The Labute approximate surface area is 236 Å². The van der Waals surface area contributed by atoms with Crippen LogP contribution in [0.25, 0.3) is 11.4 Å². The fourth-order valence-electron chi connectivity index (χ4n) is 5.32. The molecule has 0 radical (unpaired) electrons. The van der Waals surface area contributed by atoms with Gasteiger partial charge in [0.15, 0.2) is 10.2 Å². The number of likely N-dealkylation sites (tertiary alicyclic amines) is 1. The highest BCUT2D eigenvalue weighted by Gasteiger charge is 2.49. The smallest absolute Gasteiger partial charge is 0.237 e. The van der Waals surface area contributed by atoms with Gasteiger partial charge >= 0.3 is 0 Å². The van der Waals surface area contributed by atoms with Gasteiger partial charge in [-0.2, -0.15) is 4.37 Å². The largest absolute Gasteiger partial charge is 0.388 e. The molecule has 4 N–H and O–H groups in total. The maximum atomic E-state index is 13.6. The topological polar surface area (TPSA) is 128 Å². The summed E-state index contributed by atoms with van der Waals surface area (Å²) in [6, 6.07) is 8.80. The first kappa shape index (κ1) is 29.7. The molecule has 4 unspecified atom stereocenters. The third kappa shape index (κ3) is 6.72. The lowest BCUT2D eigenvalue weighted by Crippen LogP contribution is -2.65. The van der Waals surface area contributed by atoms with Crippen LogP contribution in [-0.4, -0.2) is 103 Å². The molecule has 0 spiro atoms. The molecule has 0 aliphatic carbocycles. The third-order valence-electron chi connectivity index (χ3n) is 7.37. The summed E-state index contributed by atoms with van der Waals surface area (Å²) in [7, 11) is 1.97. The van der Waals surface area contributed by atoms with Crippen LogP contribution in [0.2, 0.25) is 0 Å². The van der Waals surface area contributed by atoms with E-state index in [1.807, 2.05) is 44.3 Å². The highest BCUT2D eigenvalue weighted by atomic mass is 32.2. The van der Waals surface area contributed by atoms with Crippen molar-refractivity contribution in [1.29, 1.82) is 0 Å². The molecule has 38 heavy (non-hydrogen) atoms. The van der Waals surface area contributed by atoms with Gasteiger partial charge in [0.2, 0.25) is 5.91 Å².